The van der Waals surface area contributed by atoms with E-state index in [0.717, 1.165) is 29.5 Å². The molecule has 1 N–H and O–H groups in total. The molecule has 0 radical (unpaired) electrons. The molecular formula is C17H26N2O2. The van der Waals surface area contributed by atoms with E-state index in [1.54, 1.807) is 13.0 Å². The highest BCUT2D eigenvalue weighted by atomic mass is 16.6. The molecule has 0 aromatic heterocycles. The highest BCUT2D eigenvalue weighted by Gasteiger charge is 2.17. The van der Waals surface area contributed by atoms with E-state index in [4.69, 9.17) is 0 Å². The van der Waals surface area contributed by atoms with Crippen molar-refractivity contribution in [2.45, 2.75) is 52.5 Å². The van der Waals surface area contributed by atoms with Crippen LogP contribution in [0.1, 0.15) is 50.2 Å². The zero-order valence-electron chi connectivity index (χ0n) is 13.1. The molecule has 0 saturated heterocycles. The van der Waals surface area contributed by atoms with Gasteiger partial charge in [0.2, 0.25) is 0 Å². The van der Waals surface area contributed by atoms with E-state index in [1.165, 1.54) is 32.1 Å². The lowest BCUT2D eigenvalue weighted by molar-refractivity contribution is -0.385. The molecular weight excluding hydrogens is 264 g/mol. The van der Waals surface area contributed by atoms with Gasteiger partial charge in [-0.25, -0.2) is 0 Å². The van der Waals surface area contributed by atoms with Gasteiger partial charge in [-0.15, -0.1) is 0 Å². The van der Waals surface area contributed by atoms with Gasteiger partial charge in [-0.2, -0.15) is 0 Å². The van der Waals surface area contributed by atoms with E-state index in [1.807, 2.05) is 12.1 Å². The molecule has 1 aromatic rings. The summed E-state index contributed by atoms with van der Waals surface area (Å²) in [5, 5.41) is 14.3. The fraction of sp³-hybridized carbons (Fsp3) is 0.647. The van der Waals surface area contributed by atoms with Crippen molar-refractivity contribution in [3.05, 3.63) is 39.4 Å². The quantitative estimate of drug-likeness (QED) is 0.485. The van der Waals surface area contributed by atoms with Crippen LogP contribution in [-0.2, 0) is 6.54 Å². The summed E-state index contributed by atoms with van der Waals surface area (Å²) >= 11 is 0. The molecule has 1 aromatic carbocycles. The molecule has 116 valence electrons. The number of nitro benzene ring substituents is 1. The average molecular weight is 290 g/mol. The monoisotopic (exact) mass is 290 g/mol. The summed E-state index contributed by atoms with van der Waals surface area (Å²) in [5.41, 5.74) is 1.93. The predicted molar refractivity (Wildman–Crippen MR) is 85.3 cm³/mol. The summed E-state index contributed by atoms with van der Waals surface area (Å²) in [6.07, 6.45) is 6.68. The topological polar surface area (TPSA) is 55.2 Å². The van der Waals surface area contributed by atoms with E-state index in [9.17, 15) is 10.1 Å². The molecule has 0 bridgehead atoms. The summed E-state index contributed by atoms with van der Waals surface area (Å²) in [6, 6.07) is 5.49. The highest BCUT2D eigenvalue weighted by Crippen LogP contribution is 2.30. The molecule has 4 nitrogen and oxygen atoms in total. The summed E-state index contributed by atoms with van der Waals surface area (Å²) < 4.78 is 0. The molecule has 0 spiro atoms. The minimum atomic E-state index is -0.304. The molecule has 0 unspecified atom stereocenters. The third-order valence-electron chi connectivity index (χ3n) is 4.66. The Labute approximate surface area is 127 Å². The van der Waals surface area contributed by atoms with Crippen LogP contribution in [0.5, 0.6) is 0 Å². The van der Waals surface area contributed by atoms with Gasteiger partial charge in [-0.3, -0.25) is 10.1 Å². The van der Waals surface area contributed by atoms with Crippen LogP contribution >= 0.6 is 0 Å². The van der Waals surface area contributed by atoms with Gasteiger partial charge in [0, 0.05) is 18.2 Å². The van der Waals surface area contributed by atoms with Crippen LogP contribution in [0.25, 0.3) is 0 Å². The van der Waals surface area contributed by atoms with Crippen LogP contribution < -0.4 is 5.32 Å². The largest absolute Gasteiger partial charge is 0.313 e. The van der Waals surface area contributed by atoms with Gasteiger partial charge in [0.1, 0.15) is 0 Å². The van der Waals surface area contributed by atoms with Crippen LogP contribution in [0.4, 0.5) is 5.69 Å². The number of nitrogens with one attached hydrogen (secondary N) is 1. The smallest absolute Gasteiger partial charge is 0.272 e. The number of rotatable bonds is 6. The number of hydrogen-bond donors (Lipinski definition) is 1. The first-order valence-corrected chi connectivity index (χ1v) is 8.01. The number of benzene rings is 1. The van der Waals surface area contributed by atoms with E-state index in [0.29, 0.717) is 6.54 Å². The lowest BCUT2D eigenvalue weighted by atomic mass is 9.81. The van der Waals surface area contributed by atoms with Crippen molar-refractivity contribution in [3.8, 4) is 0 Å². The standard InChI is InChI=1S/C17H26N2O2/c1-13-3-6-15(7-4-13)9-10-18-12-16-8-5-14(2)17(11-16)19(20)21/h5,8,11,13,15,18H,3-4,6-7,9-10,12H2,1-2H3. The lowest BCUT2D eigenvalue weighted by Crippen LogP contribution is -2.20. The van der Waals surface area contributed by atoms with Gasteiger partial charge in [-0.1, -0.05) is 44.7 Å². The molecule has 4 heteroatoms. The fourth-order valence-corrected chi connectivity index (χ4v) is 3.12. The Bertz CT molecular complexity index is 480. The molecule has 0 atom stereocenters. The van der Waals surface area contributed by atoms with E-state index >= 15 is 0 Å². The van der Waals surface area contributed by atoms with Crippen LogP contribution in [0.3, 0.4) is 0 Å². The maximum Gasteiger partial charge on any atom is 0.272 e. The van der Waals surface area contributed by atoms with Gasteiger partial charge in [-0.05, 0) is 37.3 Å². The van der Waals surface area contributed by atoms with Crippen LogP contribution in [-0.4, -0.2) is 11.5 Å². The minimum absolute atomic E-state index is 0.218. The summed E-state index contributed by atoms with van der Waals surface area (Å²) in [7, 11) is 0. The Morgan fingerprint density at radius 2 is 2.00 bits per heavy atom. The van der Waals surface area contributed by atoms with E-state index in [-0.39, 0.29) is 10.6 Å². The zero-order valence-corrected chi connectivity index (χ0v) is 13.1. The Morgan fingerprint density at radius 1 is 1.29 bits per heavy atom. The molecule has 1 aliphatic rings. The summed E-state index contributed by atoms with van der Waals surface area (Å²) in [6.45, 7) is 5.84. The maximum atomic E-state index is 10.9. The number of nitrogens with zero attached hydrogens (tertiary/aromatic N) is 1. The first-order chi connectivity index (χ1) is 10.1. The molecule has 0 amide bonds. The maximum absolute atomic E-state index is 10.9. The fourth-order valence-electron chi connectivity index (χ4n) is 3.12. The Morgan fingerprint density at radius 3 is 2.67 bits per heavy atom. The van der Waals surface area contributed by atoms with Gasteiger partial charge >= 0.3 is 0 Å². The Kier molecular flexibility index (Phi) is 5.74. The van der Waals surface area contributed by atoms with Crippen LogP contribution in [0.15, 0.2) is 18.2 Å². The Hall–Kier alpha value is -1.42. The zero-order chi connectivity index (χ0) is 15.2. The molecule has 1 saturated carbocycles. The van der Waals surface area contributed by atoms with Crippen molar-refractivity contribution >= 4 is 5.69 Å². The van der Waals surface area contributed by atoms with Gasteiger partial charge in [0.05, 0.1) is 4.92 Å². The lowest BCUT2D eigenvalue weighted by Gasteiger charge is -2.26. The second kappa shape index (κ2) is 7.55. The second-order valence-corrected chi connectivity index (χ2v) is 6.47. The molecule has 1 aliphatic carbocycles. The Balaban J connectivity index is 1.73. The van der Waals surface area contributed by atoms with Crippen molar-refractivity contribution in [1.82, 2.24) is 5.32 Å². The molecule has 0 aliphatic heterocycles. The molecule has 21 heavy (non-hydrogen) atoms. The normalized spacial score (nSPS) is 22.2. The van der Waals surface area contributed by atoms with Crippen molar-refractivity contribution in [2.24, 2.45) is 11.8 Å². The van der Waals surface area contributed by atoms with Crippen molar-refractivity contribution in [1.29, 1.82) is 0 Å². The average Bonchev–Trinajstić information content (AvgIpc) is 2.46. The number of hydrogen-bond acceptors (Lipinski definition) is 3. The van der Waals surface area contributed by atoms with Crippen molar-refractivity contribution < 1.29 is 4.92 Å². The third kappa shape index (κ3) is 4.81. The summed E-state index contributed by atoms with van der Waals surface area (Å²) in [4.78, 5) is 10.6. The first kappa shape index (κ1) is 16.0. The van der Waals surface area contributed by atoms with Crippen molar-refractivity contribution in [2.75, 3.05) is 6.54 Å². The third-order valence-corrected chi connectivity index (χ3v) is 4.66. The van der Waals surface area contributed by atoms with Gasteiger partial charge in [0.15, 0.2) is 0 Å². The molecule has 2 rings (SSSR count). The number of nitro groups is 1. The minimum Gasteiger partial charge on any atom is -0.313 e. The highest BCUT2D eigenvalue weighted by molar-refractivity contribution is 5.42. The van der Waals surface area contributed by atoms with Gasteiger partial charge in [0.25, 0.3) is 5.69 Å². The molecule has 0 heterocycles. The summed E-state index contributed by atoms with van der Waals surface area (Å²) in [5.74, 6) is 1.77. The van der Waals surface area contributed by atoms with Crippen molar-refractivity contribution in [3.63, 3.8) is 0 Å². The SMILES string of the molecule is Cc1ccc(CNCCC2CCC(C)CC2)cc1[N+](=O)[O-]. The van der Waals surface area contributed by atoms with Gasteiger partial charge < -0.3 is 5.32 Å². The van der Waals surface area contributed by atoms with E-state index < -0.39 is 0 Å². The number of aryl methyl sites for hydroxylation is 1. The predicted octanol–water partition coefficient (Wildman–Crippen LogP) is 4.21. The second-order valence-electron chi connectivity index (χ2n) is 6.47. The first-order valence-electron chi connectivity index (χ1n) is 8.01. The van der Waals surface area contributed by atoms with E-state index in [2.05, 4.69) is 12.2 Å². The molecule has 1 fully saturated rings. The van der Waals surface area contributed by atoms with Crippen LogP contribution in [0, 0.1) is 28.9 Å². The van der Waals surface area contributed by atoms with Crippen LogP contribution in [0.2, 0.25) is 0 Å².